The van der Waals surface area contributed by atoms with E-state index in [0.29, 0.717) is 12.2 Å². The number of carbonyl (C=O) groups is 2. The first-order valence-electron chi connectivity index (χ1n) is 7.68. The van der Waals surface area contributed by atoms with E-state index in [0.717, 1.165) is 16.7 Å². The zero-order valence-electron chi connectivity index (χ0n) is 13.7. The smallest absolute Gasteiger partial charge is 0.321 e. The van der Waals surface area contributed by atoms with Crippen molar-refractivity contribution in [2.24, 2.45) is 0 Å². The molecule has 1 aromatic heterocycles. The fraction of sp³-hybridized carbons (Fsp3) is 0.278. The highest BCUT2D eigenvalue weighted by molar-refractivity contribution is 5.94. The second kappa shape index (κ2) is 8.21. The molecule has 1 heterocycles. The molecular formula is C18H21N3O3. The molecule has 0 fully saturated rings. The number of carboxylic acid groups (broad SMARTS) is 1. The summed E-state index contributed by atoms with van der Waals surface area (Å²) in [5.74, 6) is -1.40. The Morgan fingerprint density at radius 3 is 2.67 bits per heavy atom. The molecule has 2 rings (SSSR count). The van der Waals surface area contributed by atoms with Crippen LogP contribution >= 0.6 is 0 Å². The number of hydrogen-bond donors (Lipinski definition) is 3. The molecule has 0 aliphatic carbocycles. The standard InChI is InChI=1S/C18H21N3O3/c1-12-5-6-15(13(2)8-12)21-17(22)9-16(18(23)24)20-11-14-4-3-7-19-10-14/h3-8,10,16,20H,9,11H2,1-2H3,(H,21,22)(H,23,24). The number of amides is 1. The molecule has 0 aliphatic rings. The van der Waals surface area contributed by atoms with Gasteiger partial charge in [0.05, 0.1) is 6.42 Å². The van der Waals surface area contributed by atoms with Gasteiger partial charge in [0, 0.05) is 24.6 Å². The molecule has 1 unspecified atom stereocenters. The largest absolute Gasteiger partial charge is 0.480 e. The van der Waals surface area contributed by atoms with Gasteiger partial charge in [0.25, 0.3) is 0 Å². The van der Waals surface area contributed by atoms with Crippen molar-refractivity contribution in [2.45, 2.75) is 32.9 Å². The minimum atomic E-state index is -1.06. The Hall–Kier alpha value is -2.73. The number of carboxylic acids is 1. The highest BCUT2D eigenvalue weighted by atomic mass is 16.4. The molecular weight excluding hydrogens is 306 g/mol. The van der Waals surface area contributed by atoms with Crippen molar-refractivity contribution >= 4 is 17.6 Å². The monoisotopic (exact) mass is 327 g/mol. The molecule has 3 N–H and O–H groups in total. The van der Waals surface area contributed by atoms with Crippen LogP contribution in [0.3, 0.4) is 0 Å². The van der Waals surface area contributed by atoms with E-state index in [9.17, 15) is 14.7 Å². The summed E-state index contributed by atoms with van der Waals surface area (Å²) in [6, 6.07) is 8.34. The molecule has 0 spiro atoms. The van der Waals surface area contributed by atoms with Crippen LogP contribution in [0.1, 0.15) is 23.1 Å². The van der Waals surface area contributed by atoms with Gasteiger partial charge in [0.2, 0.25) is 5.91 Å². The van der Waals surface area contributed by atoms with Gasteiger partial charge in [-0.25, -0.2) is 0 Å². The number of pyridine rings is 1. The lowest BCUT2D eigenvalue weighted by Gasteiger charge is -2.15. The number of hydrogen-bond acceptors (Lipinski definition) is 4. The maximum atomic E-state index is 12.1. The summed E-state index contributed by atoms with van der Waals surface area (Å²) in [5.41, 5.74) is 3.60. The van der Waals surface area contributed by atoms with Crippen molar-refractivity contribution in [3.05, 3.63) is 59.4 Å². The second-order valence-electron chi connectivity index (χ2n) is 5.70. The number of carbonyl (C=O) groups excluding carboxylic acids is 1. The summed E-state index contributed by atoms with van der Waals surface area (Å²) in [6.45, 7) is 4.21. The third kappa shape index (κ3) is 5.17. The van der Waals surface area contributed by atoms with Crippen LogP contribution in [-0.2, 0) is 16.1 Å². The van der Waals surface area contributed by atoms with Crippen molar-refractivity contribution in [3.63, 3.8) is 0 Å². The molecule has 6 heteroatoms. The van der Waals surface area contributed by atoms with Gasteiger partial charge in [-0.3, -0.25) is 19.9 Å². The minimum Gasteiger partial charge on any atom is -0.480 e. The topological polar surface area (TPSA) is 91.3 Å². The maximum absolute atomic E-state index is 12.1. The van der Waals surface area contributed by atoms with Gasteiger partial charge < -0.3 is 10.4 Å². The Bertz CT molecular complexity index is 717. The molecule has 0 saturated carbocycles. The van der Waals surface area contributed by atoms with E-state index in [-0.39, 0.29) is 12.3 Å². The lowest BCUT2D eigenvalue weighted by molar-refractivity contribution is -0.141. The van der Waals surface area contributed by atoms with Crippen LogP contribution in [0, 0.1) is 13.8 Å². The lowest BCUT2D eigenvalue weighted by Crippen LogP contribution is -2.39. The van der Waals surface area contributed by atoms with Gasteiger partial charge in [-0.2, -0.15) is 0 Å². The van der Waals surface area contributed by atoms with Crippen LogP contribution in [0.2, 0.25) is 0 Å². The van der Waals surface area contributed by atoms with Crippen LogP contribution < -0.4 is 10.6 Å². The SMILES string of the molecule is Cc1ccc(NC(=O)CC(NCc2cccnc2)C(=O)O)c(C)c1. The fourth-order valence-electron chi connectivity index (χ4n) is 2.33. The average molecular weight is 327 g/mol. The molecule has 1 amide bonds. The zero-order chi connectivity index (χ0) is 17.5. The number of anilines is 1. The molecule has 0 radical (unpaired) electrons. The van der Waals surface area contributed by atoms with Crippen molar-refractivity contribution in [3.8, 4) is 0 Å². The summed E-state index contributed by atoms with van der Waals surface area (Å²) >= 11 is 0. The van der Waals surface area contributed by atoms with E-state index < -0.39 is 12.0 Å². The summed E-state index contributed by atoms with van der Waals surface area (Å²) in [5, 5.41) is 14.9. The number of aromatic nitrogens is 1. The first-order chi connectivity index (χ1) is 11.5. The van der Waals surface area contributed by atoms with Crippen LogP contribution in [-0.4, -0.2) is 28.0 Å². The van der Waals surface area contributed by atoms with Crippen LogP contribution in [0.15, 0.2) is 42.7 Å². The van der Waals surface area contributed by atoms with Gasteiger partial charge in [-0.05, 0) is 37.1 Å². The van der Waals surface area contributed by atoms with E-state index >= 15 is 0 Å². The third-order valence-electron chi connectivity index (χ3n) is 3.62. The Labute approximate surface area is 140 Å². The summed E-state index contributed by atoms with van der Waals surface area (Å²) in [6.07, 6.45) is 3.15. The van der Waals surface area contributed by atoms with E-state index in [2.05, 4.69) is 15.6 Å². The summed E-state index contributed by atoms with van der Waals surface area (Å²) in [7, 11) is 0. The molecule has 126 valence electrons. The summed E-state index contributed by atoms with van der Waals surface area (Å²) < 4.78 is 0. The normalized spacial score (nSPS) is 11.8. The minimum absolute atomic E-state index is 0.150. The molecule has 2 aromatic rings. The number of benzene rings is 1. The molecule has 1 atom stereocenters. The van der Waals surface area contributed by atoms with E-state index in [1.54, 1.807) is 18.5 Å². The maximum Gasteiger partial charge on any atom is 0.321 e. The number of rotatable bonds is 7. The second-order valence-corrected chi connectivity index (χ2v) is 5.70. The lowest BCUT2D eigenvalue weighted by atomic mass is 10.1. The molecule has 1 aromatic carbocycles. The van der Waals surface area contributed by atoms with Crippen LogP contribution in [0.5, 0.6) is 0 Å². The molecule has 0 saturated heterocycles. The molecule has 0 bridgehead atoms. The number of aliphatic carboxylic acids is 1. The van der Waals surface area contributed by atoms with E-state index in [4.69, 9.17) is 0 Å². The average Bonchev–Trinajstić information content (AvgIpc) is 2.55. The first kappa shape index (κ1) is 17.6. The van der Waals surface area contributed by atoms with Gasteiger partial charge >= 0.3 is 5.97 Å². The third-order valence-corrected chi connectivity index (χ3v) is 3.62. The highest BCUT2D eigenvalue weighted by Crippen LogP contribution is 2.16. The van der Waals surface area contributed by atoms with Crippen molar-refractivity contribution in [1.29, 1.82) is 0 Å². The number of nitrogens with one attached hydrogen (secondary N) is 2. The van der Waals surface area contributed by atoms with E-state index in [1.807, 2.05) is 38.1 Å². The van der Waals surface area contributed by atoms with Gasteiger partial charge in [0.1, 0.15) is 6.04 Å². The fourth-order valence-corrected chi connectivity index (χ4v) is 2.33. The predicted octanol–water partition coefficient (Wildman–Crippen LogP) is 2.27. The zero-order valence-corrected chi connectivity index (χ0v) is 13.7. The Morgan fingerprint density at radius 1 is 1.25 bits per heavy atom. The Morgan fingerprint density at radius 2 is 2.04 bits per heavy atom. The molecule has 24 heavy (non-hydrogen) atoms. The Balaban J connectivity index is 1.94. The van der Waals surface area contributed by atoms with E-state index in [1.165, 1.54) is 0 Å². The van der Waals surface area contributed by atoms with Gasteiger partial charge in [-0.1, -0.05) is 23.8 Å². The van der Waals surface area contributed by atoms with Crippen molar-refractivity contribution in [2.75, 3.05) is 5.32 Å². The number of aryl methyl sites for hydroxylation is 2. The van der Waals surface area contributed by atoms with Crippen molar-refractivity contribution in [1.82, 2.24) is 10.3 Å². The number of nitrogens with zero attached hydrogens (tertiary/aromatic N) is 1. The van der Waals surface area contributed by atoms with Crippen LogP contribution in [0.25, 0.3) is 0 Å². The van der Waals surface area contributed by atoms with Gasteiger partial charge in [0.15, 0.2) is 0 Å². The van der Waals surface area contributed by atoms with Crippen LogP contribution in [0.4, 0.5) is 5.69 Å². The Kier molecular flexibility index (Phi) is 6.03. The van der Waals surface area contributed by atoms with Gasteiger partial charge in [-0.15, -0.1) is 0 Å². The molecule has 6 nitrogen and oxygen atoms in total. The first-order valence-corrected chi connectivity index (χ1v) is 7.68. The van der Waals surface area contributed by atoms with Crippen molar-refractivity contribution < 1.29 is 14.7 Å². The molecule has 0 aliphatic heterocycles. The highest BCUT2D eigenvalue weighted by Gasteiger charge is 2.21. The predicted molar refractivity (Wildman–Crippen MR) is 91.7 cm³/mol. The summed E-state index contributed by atoms with van der Waals surface area (Å²) in [4.78, 5) is 27.5. The quantitative estimate of drug-likeness (QED) is 0.725.